The van der Waals surface area contributed by atoms with Gasteiger partial charge in [-0.25, -0.2) is 9.48 Å². The first kappa shape index (κ1) is 16.5. The van der Waals surface area contributed by atoms with Gasteiger partial charge in [-0.05, 0) is 43.2 Å². The molecule has 0 saturated heterocycles. The summed E-state index contributed by atoms with van der Waals surface area (Å²) in [6.07, 6.45) is 7.18. The van der Waals surface area contributed by atoms with Crippen LogP contribution in [-0.4, -0.2) is 17.4 Å². The molecule has 2 aromatic carbocycles. The molecule has 124 valence electrons. The predicted octanol–water partition coefficient (Wildman–Crippen LogP) is 4.68. The van der Waals surface area contributed by atoms with E-state index >= 15 is 0 Å². The summed E-state index contributed by atoms with van der Waals surface area (Å²) < 4.78 is 6.25. The van der Waals surface area contributed by atoms with Gasteiger partial charge < -0.3 is 4.74 Å². The lowest BCUT2D eigenvalue weighted by molar-refractivity contribution is -0.808. The van der Waals surface area contributed by atoms with Crippen LogP contribution in [0.2, 0.25) is 0 Å². The smallest absolute Gasteiger partial charge is 0.195 e. The third-order valence-corrected chi connectivity index (χ3v) is 4.37. The van der Waals surface area contributed by atoms with E-state index in [9.17, 15) is 0 Å². The van der Waals surface area contributed by atoms with Gasteiger partial charge in [-0.3, -0.25) is 0 Å². The lowest BCUT2D eigenvalue weighted by Gasteiger charge is -2.28. The van der Waals surface area contributed by atoms with Crippen molar-refractivity contribution < 1.29 is 9.22 Å². The molecule has 0 fully saturated rings. The molecular weight excluding hydrogens is 296 g/mol. The van der Waals surface area contributed by atoms with Crippen molar-refractivity contribution in [2.45, 2.75) is 33.4 Å². The Bertz CT molecular complexity index is 703. The lowest BCUT2D eigenvalue weighted by atomic mass is 10.1. The highest BCUT2D eigenvalue weighted by atomic mass is 16.5. The second kappa shape index (κ2) is 7.45. The number of aliphatic imine (C=N–C) groups is 1. The van der Waals surface area contributed by atoms with Crippen LogP contribution in [0.3, 0.4) is 0 Å². The van der Waals surface area contributed by atoms with Gasteiger partial charge in [0.05, 0.1) is 12.8 Å². The van der Waals surface area contributed by atoms with Gasteiger partial charge in [-0.15, -0.1) is 0 Å². The molecule has 1 aliphatic heterocycles. The van der Waals surface area contributed by atoms with Crippen LogP contribution in [0, 0.1) is 0 Å². The minimum Gasteiger partial charge on any atom is -0.494 e. The normalized spacial score (nSPS) is 18.9. The molecule has 0 radical (unpaired) electrons. The second-order valence-corrected chi connectivity index (χ2v) is 6.23. The molecule has 1 heterocycles. The third kappa shape index (κ3) is 3.92. The van der Waals surface area contributed by atoms with E-state index in [1.165, 1.54) is 16.7 Å². The van der Waals surface area contributed by atoms with Crippen molar-refractivity contribution in [1.82, 2.24) is 0 Å². The fourth-order valence-electron chi connectivity index (χ4n) is 3.04. The van der Waals surface area contributed by atoms with Crippen LogP contribution < -0.4 is 4.74 Å². The molecule has 24 heavy (non-hydrogen) atoms. The summed E-state index contributed by atoms with van der Waals surface area (Å²) in [5.41, 5.74) is 3.99. The molecule has 0 aromatic heterocycles. The van der Waals surface area contributed by atoms with E-state index in [0.717, 1.165) is 29.7 Å². The van der Waals surface area contributed by atoms with Crippen LogP contribution in [0.4, 0.5) is 0 Å². The predicted molar refractivity (Wildman–Crippen MR) is 98.7 cm³/mol. The van der Waals surface area contributed by atoms with E-state index in [2.05, 4.69) is 54.5 Å². The third-order valence-electron chi connectivity index (χ3n) is 4.37. The molecule has 3 nitrogen and oxygen atoms in total. The van der Waals surface area contributed by atoms with E-state index in [1.807, 2.05) is 31.6 Å². The summed E-state index contributed by atoms with van der Waals surface area (Å²) in [7, 11) is 0. The van der Waals surface area contributed by atoms with Crippen molar-refractivity contribution in [3.8, 4) is 5.75 Å². The van der Waals surface area contributed by atoms with Crippen LogP contribution in [0.25, 0.3) is 0 Å². The number of benzene rings is 2. The molecule has 0 saturated carbocycles. The van der Waals surface area contributed by atoms with E-state index in [-0.39, 0.29) is 0 Å². The molecule has 1 atom stereocenters. The summed E-state index contributed by atoms with van der Waals surface area (Å²) in [5, 5.41) is 0. The number of rotatable bonds is 7. The van der Waals surface area contributed by atoms with E-state index in [0.29, 0.717) is 6.61 Å². The van der Waals surface area contributed by atoms with Gasteiger partial charge in [0.2, 0.25) is 0 Å². The van der Waals surface area contributed by atoms with Crippen LogP contribution >= 0.6 is 0 Å². The monoisotopic (exact) mass is 321 g/mol. The SMILES string of the molecule is CCOc1ccc(C[N+]2(Cc3ccc(CC)cc3)C=CN=C2)cc1. The molecular formula is C21H25N2O+. The molecule has 0 bridgehead atoms. The zero-order valence-corrected chi connectivity index (χ0v) is 14.5. The van der Waals surface area contributed by atoms with E-state index < -0.39 is 0 Å². The maximum absolute atomic E-state index is 5.53. The zero-order chi connectivity index (χ0) is 16.8. The molecule has 3 rings (SSSR count). The van der Waals surface area contributed by atoms with Crippen molar-refractivity contribution in [2.75, 3.05) is 6.61 Å². The number of quaternary nitrogens is 1. The Balaban J connectivity index is 1.75. The molecule has 1 unspecified atom stereocenters. The molecule has 2 aromatic rings. The Labute approximate surface area is 144 Å². The van der Waals surface area contributed by atoms with Gasteiger partial charge in [-0.2, -0.15) is 0 Å². The minimum absolute atomic E-state index is 0.697. The minimum atomic E-state index is 0.697. The quantitative estimate of drug-likeness (QED) is 0.679. The van der Waals surface area contributed by atoms with Crippen LogP contribution in [0.5, 0.6) is 5.75 Å². The standard InChI is InChI=1S/C21H25N2O/c1-3-18-5-7-19(8-6-18)15-23(14-13-22-17-23)16-20-9-11-21(12-10-20)24-4-2/h5-14,17H,3-4,15-16H2,1-2H3/q+1. The molecule has 1 aliphatic rings. The average Bonchev–Trinajstić information content (AvgIpc) is 3.06. The Morgan fingerprint density at radius 1 is 0.833 bits per heavy atom. The van der Waals surface area contributed by atoms with Gasteiger partial charge in [0.25, 0.3) is 0 Å². The van der Waals surface area contributed by atoms with Crippen molar-refractivity contribution in [1.29, 1.82) is 0 Å². The van der Waals surface area contributed by atoms with Crippen molar-refractivity contribution in [2.24, 2.45) is 4.99 Å². The highest BCUT2D eigenvalue weighted by Gasteiger charge is 2.27. The zero-order valence-electron chi connectivity index (χ0n) is 14.5. The first-order chi connectivity index (χ1) is 11.7. The maximum atomic E-state index is 5.53. The van der Waals surface area contributed by atoms with Gasteiger partial charge in [0.1, 0.15) is 25.0 Å². The molecule has 0 N–H and O–H groups in total. The highest BCUT2D eigenvalue weighted by Crippen LogP contribution is 2.23. The molecule has 3 heteroatoms. The van der Waals surface area contributed by atoms with Crippen molar-refractivity contribution in [3.05, 3.63) is 77.6 Å². The van der Waals surface area contributed by atoms with Crippen molar-refractivity contribution >= 4 is 6.34 Å². The molecule has 0 spiro atoms. The van der Waals surface area contributed by atoms with Crippen LogP contribution in [0.15, 0.2) is 65.9 Å². The lowest BCUT2D eigenvalue weighted by Crippen LogP contribution is -2.38. The topological polar surface area (TPSA) is 21.6 Å². The maximum Gasteiger partial charge on any atom is 0.195 e. The Hall–Kier alpha value is -2.39. The number of ether oxygens (including phenoxy) is 1. The molecule has 0 amide bonds. The summed E-state index contributed by atoms with van der Waals surface area (Å²) in [6.45, 7) is 6.69. The first-order valence-corrected chi connectivity index (χ1v) is 8.61. The van der Waals surface area contributed by atoms with Crippen molar-refractivity contribution in [3.63, 3.8) is 0 Å². The number of aryl methyl sites for hydroxylation is 1. The average molecular weight is 321 g/mol. The van der Waals surface area contributed by atoms with Crippen LogP contribution in [0.1, 0.15) is 30.5 Å². The Kier molecular flexibility index (Phi) is 5.11. The fourth-order valence-corrected chi connectivity index (χ4v) is 3.04. The number of hydrogen-bond donors (Lipinski definition) is 0. The van der Waals surface area contributed by atoms with Gasteiger partial charge in [0, 0.05) is 11.1 Å². The summed E-state index contributed by atoms with van der Waals surface area (Å²) in [6, 6.07) is 17.3. The Morgan fingerprint density at radius 3 is 1.92 bits per heavy atom. The highest BCUT2D eigenvalue weighted by molar-refractivity contribution is 5.51. The van der Waals surface area contributed by atoms with Gasteiger partial charge >= 0.3 is 0 Å². The van der Waals surface area contributed by atoms with E-state index in [4.69, 9.17) is 4.74 Å². The largest absolute Gasteiger partial charge is 0.494 e. The summed E-state index contributed by atoms with van der Waals surface area (Å²) >= 11 is 0. The van der Waals surface area contributed by atoms with Crippen LogP contribution in [-0.2, 0) is 19.5 Å². The summed E-state index contributed by atoms with van der Waals surface area (Å²) in [4.78, 5) is 4.35. The molecule has 0 aliphatic carbocycles. The second-order valence-electron chi connectivity index (χ2n) is 6.23. The van der Waals surface area contributed by atoms with Gasteiger partial charge in [-0.1, -0.05) is 31.2 Å². The summed E-state index contributed by atoms with van der Waals surface area (Å²) in [5.74, 6) is 0.925. The first-order valence-electron chi connectivity index (χ1n) is 8.61. The fraction of sp³-hybridized carbons (Fsp3) is 0.286. The number of nitrogens with zero attached hydrogens (tertiary/aromatic N) is 2. The van der Waals surface area contributed by atoms with Gasteiger partial charge in [0.15, 0.2) is 6.34 Å². The van der Waals surface area contributed by atoms with E-state index in [1.54, 1.807) is 0 Å². The Morgan fingerprint density at radius 2 is 1.42 bits per heavy atom. The number of hydrogen-bond acceptors (Lipinski definition) is 2.